The summed E-state index contributed by atoms with van der Waals surface area (Å²) in [6, 6.07) is 13.9. The van der Waals surface area contributed by atoms with E-state index in [2.05, 4.69) is 37.0 Å². The normalized spacial score (nSPS) is 24.4. The number of allylic oxidation sites excluding steroid dienone is 2. The summed E-state index contributed by atoms with van der Waals surface area (Å²) in [4.78, 5) is 2.26. The van der Waals surface area contributed by atoms with E-state index in [-0.39, 0.29) is 17.2 Å². The molecule has 2 N–H and O–H groups in total. The zero-order chi connectivity index (χ0) is 19.8. The first-order valence-corrected chi connectivity index (χ1v) is 9.20. The van der Waals surface area contributed by atoms with Gasteiger partial charge in [0.15, 0.2) is 5.41 Å². The number of nitriles is 3. The van der Waals surface area contributed by atoms with Crippen molar-refractivity contribution in [3.63, 3.8) is 0 Å². The topological polar surface area (TPSA) is 101 Å². The molecule has 1 aliphatic heterocycles. The molecular formula is C21H20ClN5. The van der Waals surface area contributed by atoms with E-state index >= 15 is 0 Å². The lowest BCUT2D eigenvalue weighted by Crippen LogP contribution is -2.49. The number of halogens is 1. The molecular weight excluding hydrogens is 358 g/mol. The van der Waals surface area contributed by atoms with Gasteiger partial charge in [-0.05, 0) is 31.1 Å². The summed E-state index contributed by atoms with van der Waals surface area (Å²) < 4.78 is 0. The van der Waals surface area contributed by atoms with Gasteiger partial charge in [-0.1, -0.05) is 35.9 Å². The van der Waals surface area contributed by atoms with E-state index in [0.29, 0.717) is 29.7 Å². The van der Waals surface area contributed by atoms with Gasteiger partial charge in [0.25, 0.3) is 0 Å². The summed E-state index contributed by atoms with van der Waals surface area (Å²) in [5.74, 6) is -0.770. The number of fused-ring (bicyclic) bond motifs is 1. The Morgan fingerprint density at radius 3 is 2.44 bits per heavy atom. The highest BCUT2D eigenvalue weighted by Crippen LogP contribution is 2.55. The van der Waals surface area contributed by atoms with Crippen LogP contribution in [0.4, 0.5) is 0 Å². The maximum Gasteiger partial charge on any atom is 0.191 e. The van der Waals surface area contributed by atoms with Gasteiger partial charge in [-0.2, -0.15) is 15.8 Å². The fourth-order valence-corrected chi connectivity index (χ4v) is 4.45. The van der Waals surface area contributed by atoms with Crippen molar-refractivity contribution in [3.8, 4) is 18.2 Å². The second-order valence-electron chi connectivity index (χ2n) is 7.24. The van der Waals surface area contributed by atoms with Gasteiger partial charge >= 0.3 is 0 Å². The molecule has 136 valence electrons. The third-order valence-corrected chi connectivity index (χ3v) is 6.01. The van der Waals surface area contributed by atoms with Crippen LogP contribution < -0.4 is 5.73 Å². The van der Waals surface area contributed by atoms with Crippen molar-refractivity contribution in [2.75, 3.05) is 13.1 Å². The van der Waals surface area contributed by atoms with Gasteiger partial charge in [0, 0.05) is 36.0 Å². The molecule has 1 aromatic carbocycles. The monoisotopic (exact) mass is 377 g/mol. The molecule has 0 aromatic heterocycles. The third-order valence-electron chi connectivity index (χ3n) is 5.66. The summed E-state index contributed by atoms with van der Waals surface area (Å²) in [5, 5.41) is 30.3. The molecule has 6 heteroatoms. The number of benzene rings is 1. The molecule has 1 aliphatic carbocycles. The summed E-state index contributed by atoms with van der Waals surface area (Å²) in [6.45, 7) is 5.53. The van der Waals surface area contributed by atoms with Crippen LogP contribution in [0.5, 0.6) is 0 Å². The number of nitrogens with zero attached hydrogens (tertiary/aromatic N) is 4. The SMILES string of the molecule is CC(C)N1CC=C2C(C#N)=C(N)C(C#N)(C#N)[C@@H](c3ccccc3Cl)[C@H]2C1. The van der Waals surface area contributed by atoms with Crippen LogP contribution in [-0.2, 0) is 0 Å². The predicted octanol–water partition coefficient (Wildman–Crippen LogP) is 3.47. The minimum atomic E-state index is -1.64. The lowest BCUT2D eigenvalue weighted by Gasteiger charge is -2.46. The summed E-state index contributed by atoms with van der Waals surface area (Å²) >= 11 is 6.47. The molecule has 27 heavy (non-hydrogen) atoms. The zero-order valence-electron chi connectivity index (χ0n) is 15.3. The van der Waals surface area contributed by atoms with Crippen LogP contribution in [-0.4, -0.2) is 24.0 Å². The van der Waals surface area contributed by atoms with Crippen molar-refractivity contribution in [3.05, 3.63) is 57.8 Å². The van der Waals surface area contributed by atoms with E-state index in [0.717, 1.165) is 5.57 Å². The fraction of sp³-hybridized carbons (Fsp3) is 0.381. The Morgan fingerprint density at radius 1 is 1.22 bits per heavy atom. The molecule has 1 heterocycles. The summed E-state index contributed by atoms with van der Waals surface area (Å²) in [5.41, 5.74) is 6.46. The molecule has 5 nitrogen and oxygen atoms in total. The highest BCUT2D eigenvalue weighted by Gasteiger charge is 2.54. The molecule has 0 fully saturated rings. The number of rotatable bonds is 2. The molecule has 0 bridgehead atoms. The van der Waals surface area contributed by atoms with Crippen LogP contribution >= 0.6 is 11.6 Å². The van der Waals surface area contributed by atoms with Crippen LogP contribution in [0.1, 0.15) is 25.3 Å². The molecule has 0 amide bonds. The van der Waals surface area contributed by atoms with E-state index in [1.165, 1.54) is 0 Å². The van der Waals surface area contributed by atoms with E-state index in [1.54, 1.807) is 6.07 Å². The predicted molar refractivity (Wildman–Crippen MR) is 103 cm³/mol. The molecule has 2 aliphatic rings. The average Bonchev–Trinajstić information content (AvgIpc) is 2.67. The number of hydrogen-bond acceptors (Lipinski definition) is 5. The Balaban J connectivity index is 2.33. The first-order valence-electron chi connectivity index (χ1n) is 8.83. The minimum absolute atomic E-state index is 0.0282. The highest BCUT2D eigenvalue weighted by molar-refractivity contribution is 6.31. The minimum Gasteiger partial charge on any atom is -0.399 e. The Morgan fingerprint density at radius 2 is 1.89 bits per heavy atom. The van der Waals surface area contributed by atoms with Crippen molar-refractivity contribution >= 4 is 11.6 Å². The maximum atomic E-state index is 10.0. The van der Waals surface area contributed by atoms with Crippen LogP contribution in [0.2, 0.25) is 5.02 Å². The standard InChI is InChI=1S/C21H20ClN5/c1-13(2)27-8-7-14-16(9-23)20(26)21(11-24,12-25)19(17(14)10-27)15-5-3-4-6-18(15)22/h3-7,13,17,19H,8,10,26H2,1-2H3/t17-,19-/m0/s1. The van der Waals surface area contributed by atoms with Crippen molar-refractivity contribution in [1.29, 1.82) is 15.8 Å². The Bertz CT molecular complexity index is 940. The molecule has 0 radical (unpaired) electrons. The van der Waals surface area contributed by atoms with Crippen LogP contribution in [0.25, 0.3) is 0 Å². The number of hydrogen-bond donors (Lipinski definition) is 1. The molecule has 0 saturated carbocycles. The second kappa shape index (κ2) is 7.09. The van der Waals surface area contributed by atoms with Crippen molar-refractivity contribution in [2.45, 2.75) is 25.8 Å². The Hall–Kier alpha value is -2.78. The van der Waals surface area contributed by atoms with Gasteiger partial charge < -0.3 is 5.73 Å². The maximum absolute atomic E-state index is 10.0. The van der Waals surface area contributed by atoms with E-state index in [4.69, 9.17) is 17.3 Å². The molecule has 0 unspecified atom stereocenters. The van der Waals surface area contributed by atoms with Gasteiger partial charge in [-0.15, -0.1) is 0 Å². The fourth-order valence-electron chi connectivity index (χ4n) is 4.20. The van der Waals surface area contributed by atoms with Crippen molar-refractivity contribution in [1.82, 2.24) is 4.90 Å². The van der Waals surface area contributed by atoms with E-state index < -0.39 is 11.3 Å². The van der Waals surface area contributed by atoms with Crippen LogP contribution in [0, 0.1) is 45.3 Å². The van der Waals surface area contributed by atoms with Crippen molar-refractivity contribution in [2.24, 2.45) is 17.1 Å². The van der Waals surface area contributed by atoms with Gasteiger partial charge in [-0.25, -0.2) is 0 Å². The largest absolute Gasteiger partial charge is 0.399 e. The summed E-state index contributed by atoms with van der Waals surface area (Å²) in [6.07, 6.45) is 2.00. The van der Waals surface area contributed by atoms with Gasteiger partial charge in [0.05, 0.1) is 23.4 Å². The highest BCUT2D eigenvalue weighted by atomic mass is 35.5. The quantitative estimate of drug-likeness (QED) is 0.850. The molecule has 2 atom stereocenters. The average molecular weight is 378 g/mol. The first kappa shape index (κ1) is 19.0. The molecule has 1 aromatic rings. The number of nitrogens with two attached hydrogens (primary N) is 1. The summed E-state index contributed by atoms with van der Waals surface area (Å²) in [7, 11) is 0. The second-order valence-corrected chi connectivity index (χ2v) is 7.65. The Kier molecular flexibility index (Phi) is 4.99. The molecule has 0 saturated heterocycles. The van der Waals surface area contributed by atoms with Gasteiger partial charge in [-0.3, -0.25) is 4.90 Å². The van der Waals surface area contributed by atoms with Crippen LogP contribution in [0.3, 0.4) is 0 Å². The van der Waals surface area contributed by atoms with Gasteiger partial charge in [0.2, 0.25) is 0 Å². The Labute approximate surface area is 164 Å². The van der Waals surface area contributed by atoms with Crippen LogP contribution in [0.15, 0.2) is 47.2 Å². The smallest absolute Gasteiger partial charge is 0.191 e. The van der Waals surface area contributed by atoms with Gasteiger partial charge in [0.1, 0.15) is 6.07 Å². The lowest BCUT2D eigenvalue weighted by atomic mass is 9.58. The molecule has 0 spiro atoms. The molecule has 3 rings (SSSR count). The lowest BCUT2D eigenvalue weighted by molar-refractivity contribution is 0.174. The van der Waals surface area contributed by atoms with E-state index in [1.807, 2.05) is 24.3 Å². The van der Waals surface area contributed by atoms with Crippen molar-refractivity contribution < 1.29 is 0 Å². The first-order chi connectivity index (χ1) is 12.9. The zero-order valence-corrected chi connectivity index (χ0v) is 16.0. The third kappa shape index (κ3) is 2.79. The van der Waals surface area contributed by atoms with E-state index in [9.17, 15) is 15.8 Å².